The molecule has 4 aromatic rings. The maximum Gasteiger partial charge on any atom is 0.290 e. The Morgan fingerprint density at radius 2 is 1.68 bits per heavy atom. The first kappa shape index (κ1) is 23.0. The highest BCUT2D eigenvalue weighted by Crippen LogP contribution is 2.29. The molecule has 0 bridgehead atoms. The third-order valence-corrected chi connectivity index (χ3v) is 6.85. The lowest BCUT2D eigenvalue weighted by Crippen LogP contribution is -2.37. The number of amides is 2. The van der Waals surface area contributed by atoms with E-state index in [4.69, 9.17) is 14.3 Å². The maximum atomic E-state index is 13.4. The largest absolute Gasteiger partial charge is 0.426 e. The zero-order valence-electron chi connectivity index (χ0n) is 20.4. The van der Waals surface area contributed by atoms with Crippen LogP contribution in [0.2, 0.25) is 0 Å². The van der Waals surface area contributed by atoms with Crippen LogP contribution in [0, 0.1) is 0 Å². The standard InChI is InChI=1S/C28H27N5O4/c34-27(24-8-9-25(37-24)36-21-6-2-1-3-7-21)32-17-12-23-22(19-32)26(28(35)31-15-4-5-16-31)30-33(23)18-20-10-13-29-14-11-20/h1-3,6-11,13-14H,4-5,12,15-19H2. The second kappa shape index (κ2) is 9.93. The van der Waals surface area contributed by atoms with Crippen molar-refractivity contribution in [2.24, 2.45) is 0 Å². The molecule has 2 aliphatic rings. The van der Waals surface area contributed by atoms with Gasteiger partial charge in [-0.3, -0.25) is 19.3 Å². The van der Waals surface area contributed by atoms with Crippen LogP contribution in [0.25, 0.3) is 0 Å². The highest BCUT2D eigenvalue weighted by molar-refractivity contribution is 5.95. The Kier molecular flexibility index (Phi) is 6.18. The molecule has 0 unspecified atom stereocenters. The van der Waals surface area contributed by atoms with Gasteiger partial charge in [-0.05, 0) is 48.7 Å². The van der Waals surface area contributed by atoms with E-state index in [-0.39, 0.29) is 23.5 Å². The topological polar surface area (TPSA) is 93.7 Å². The van der Waals surface area contributed by atoms with Gasteiger partial charge in [0, 0.05) is 55.8 Å². The van der Waals surface area contributed by atoms with Gasteiger partial charge in [-0.25, -0.2) is 0 Å². The van der Waals surface area contributed by atoms with E-state index >= 15 is 0 Å². The molecule has 0 radical (unpaired) electrons. The fraction of sp³-hybridized carbons (Fsp3) is 0.286. The number of carbonyl (C=O) groups excluding carboxylic acids is 2. The van der Waals surface area contributed by atoms with Crippen LogP contribution in [0.1, 0.15) is 50.7 Å². The minimum absolute atomic E-state index is 0.0620. The first-order chi connectivity index (χ1) is 18.2. The predicted octanol–water partition coefficient (Wildman–Crippen LogP) is 4.15. The Morgan fingerprint density at radius 1 is 0.892 bits per heavy atom. The molecule has 9 heteroatoms. The fourth-order valence-electron chi connectivity index (χ4n) is 4.95. The first-order valence-corrected chi connectivity index (χ1v) is 12.5. The zero-order valence-corrected chi connectivity index (χ0v) is 20.4. The number of pyridine rings is 1. The van der Waals surface area contributed by atoms with E-state index in [1.54, 1.807) is 29.4 Å². The van der Waals surface area contributed by atoms with Crippen molar-refractivity contribution in [3.05, 3.63) is 95.3 Å². The van der Waals surface area contributed by atoms with E-state index in [9.17, 15) is 9.59 Å². The summed E-state index contributed by atoms with van der Waals surface area (Å²) < 4.78 is 13.3. The van der Waals surface area contributed by atoms with Gasteiger partial charge in [-0.15, -0.1) is 0 Å². The number of carbonyl (C=O) groups is 2. The number of fused-ring (bicyclic) bond motifs is 1. The van der Waals surface area contributed by atoms with Crippen molar-refractivity contribution in [3.63, 3.8) is 0 Å². The molecule has 1 fully saturated rings. The summed E-state index contributed by atoms with van der Waals surface area (Å²) in [4.78, 5) is 34.4. The number of rotatable bonds is 6. The average molecular weight is 498 g/mol. The van der Waals surface area contributed by atoms with E-state index in [1.165, 1.54) is 0 Å². The van der Waals surface area contributed by atoms with Crippen LogP contribution in [-0.2, 0) is 19.5 Å². The van der Waals surface area contributed by atoms with Gasteiger partial charge in [0.25, 0.3) is 17.8 Å². The van der Waals surface area contributed by atoms with Crippen LogP contribution in [0.4, 0.5) is 0 Å². The Morgan fingerprint density at radius 3 is 2.46 bits per heavy atom. The number of nitrogens with zero attached hydrogens (tertiary/aromatic N) is 5. The molecule has 0 spiro atoms. The lowest BCUT2D eigenvalue weighted by Gasteiger charge is -2.27. The lowest BCUT2D eigenvalue weighted by atomic mass is 10.0. The van der Waals surface area contributed by atoms with Gasteiger partial charge in [0.15, 0.2) is 11.5 Å². The molecule has 6 rings (SSSR count). The van der Waals surface area contributed by atoms with Crippen molar-refractivity contribution in [2.45, 2.75) is 32.4 Å². The first-order valence-electron chi connectivity index (χ1n) is 12.5. The highest BCUT2D eigenvalue weighted by atomic mass is 16.6. The molecule has 3 aromatic heterocycles. The van der Waals surface area contributed by atoms with Crippen molar-refractivity contribution in [3.8, 4) is 11.7 Å². The second-order valence-corrected chi connectivity index (χ2v) is 9.30. The summed E-state index contributed by atoms with van der Waals surface area (Å²) in [5.74, 6) is 0.779. The monoisotopic (exact) mass is 497 g/mol. The van der Waals surface area contributed by atoms with Crippen molar-refractivity contribution in [1.29, 1.82) is 0 Å². The van der Waals surface area contributed by atoms with E-state index in [0.717, 1.165) is 42.8 Å². The van der Waals surface area contributed by atoms with Crippen molar-refractivity contribution < 1.29 is 18.7 Å². The molecule has 1 saturated heterocycles. The summed E-state index contributed by atoms with van der Waals surface area (Å²) in [6, 6.07) is 16.4. The Labute approximate surface area is 214 Å². The number of para-hydroxylation sites is 1. The van der Waals surface area contributed by atoms with E-state index < -0.39 is 0 Å². The summed E-state index contributed by atoms with van der Waals surface area (Å²) >= 11 is 0. The number of likely N-dealkylation sites (tertiary alicyclic amines) is 1. The Balaban J connectivity index is 1.25. The molecule has 1 aromatic carbocycles. The van der Waals surface area contributed by atoms with E-state index in [1.807, 2.05) is 52.0 Å². The van der Waals surface area contributed by atoms with Crippen LogP contribution in [0.5, 0.6) is 11.7 Å². The third-order valence-electron chi connectivity index (χ3n) is 6.85. The number of ether oxygens (including phenoxy) is 1. The summed E-state index contributed by atoms with van der Waals surface area (Å²) in [6.07, 6.45) is 6.10. The zero-order chi connectivity index (χ0) is 25.2. The highest BCUT2D eigenvalue weighted by Gasteiger charge is 2.33. The van der Waals surface area contributed by atoms with Gasteiger partial charge in [-0.2, -0.15) is 5.10 Å². The molecule has 2 amide bonds. The summed E-state index contributed by atoms with van der Waals surface area (Å²) in [7, 11) is 0. The molecule has 0 aliphatic carbocycles. The molecule has 0 atom stereocenters. The molecular weight excluding hydrogens is 470 g/mol. The molecule has 188 valence electrons. The van der Waals surface area contributed by atoms with Crippen LogP contribution in [-0.4, -0.2) is 56.0 Å². The maximum absolute atomic E-state index is 13.4. The van der Waals surface area contributed by atoms with Gasteiger partial charge in [0.2, 0.25) is 0 Å². The molecule has 2 aliphatic heterocycles. The third kappa shape index (κ3) is 4.72. The van der Waals surface area contributed by atoms with Gasteiger partial charge >= 0.3 is 0 Å². The molecule has 37 heavy (non-hydrogen) atoms. The summed E-state index contributed by atoms with van der Waals surface area (Å²) in [6.45, 7) is 2.83. The summed E-state index contributed by atoms with van der Waals surface area (Å²) in [5.41, 5.74) is 3.31. The molecule has 5 heterocycles. The Hall–Kier alpha value is -4.40. The van der Waals surface area contributed by atoms with Crippen LogP contribution >= 0.6 is 0 Å². The minimum atomic E-state index is -0.241. The van der Waals surface area contributed by atoms with Crippen LogP contribution in [0.15, 0.2) is 71.4 Å². The normalized spacial score (nSPS) is 15.0. The van der Waals surface area contributed by atoms with Gasteiger partial charge < -0.3 is 19.0 Å². The fourth-order valence-corrected chi connectivity index (χ4v) is 4.95. The van der Waals surface area contributed by atoms with Gasteiger partial charge in [0.1, 0.15) is 5.75 Å². The molecular formula is C28H27N5O4. The molecule has 0 saturated carbocycles. The molecule has 9 nitrogen and oxygen atoms in total. The molecule has 0 N–H and O–H groups in total. The summed E-state index contributed by atoms with van der Waals surface area (Å²) in [5, 5.41) is 4.77. The lowest BCUT2D eigenvalue weighted by molar-refractivity contribution is 0.0689. The number of furan rings is 1. The van der Waals surface area contributed by atoms with Crippen molar-refractivity contribution in [2.75, 3.05) is 19.6 Å². The predicted molar refractivity (Wildman–Crippen MR) is 134 cm³/mol. The number of hydrogen-bond donors (Lipinski definition) is 0. The second-order valence-electron chi connectivity index (χ2n) is 9.30. The van der Waals surface area contributed by atoms with Crippen molar-refractivity contribution in [1.82, 2.24) is 24.6 Å². The number of aromatic nitrogens is 3. The van der Waals surface area contributed by atoms with E-state index in [0.29, 0.717) is 37.5 Å². The van der Waals surface area contributed by atoms with Gasteiger partial charge in [-0.1, -0.05) is 18.2 Å². The Bertz CT molecular complexity index is 1410. The smallest absolute Gasteiger partial charge is 0.290 e. The number of benzene rings is 1. The quantitative estimate of drug-likeness (QED) is 0.397. The minimum Gasteiger partial charge on any atom is -0.426 e. The average Bonchev–Trinajstić information content (AvgIpc) is 3.70. The number of hydrogen-bond acceptors (Lipinski definition) is 6. The van der Waals surface area contributed by atoms with Crippen LogP contribution in [0.3, 0.4) is 0 Å². The van der Waals surface area contributed by atoms with Gasteiger partial charge in [0.05, 0.1) is 13.1 Å². The van der Waals surface area contributed by atoms with Crippen LogP contribution < -0.4 is 4.74 Å². The van der Waals surface area contributed by atoms with E-state index in [2.05, 4.69) is 4.98 Å². The van der Waals surface area contributed by atoms with Crippen molar-refractivity contribution >= 4 is 11.8 Å². The SMILES string of the molecule is O=C(c1ccc(Oc2ccccc2)o1)N1CCc2c(c(C(=O)N3CCCC3)nn2Cc2ccncc2)C1.